The molecule has 2 aliphatic heterocycles. The average molecular weight is 310 g/mol. The Hall–Kier alpha value is -1.14. The number of nitrogens with one attached hydrogen (secondary N) is 2. The zero-order valence-corrected chi connectivity index (χ0v) is 13.6. The fourth-order valence-corrected chi connectivity index (χ4v) is 2.39. The predicted octanol–water partition coefficient (Wildman–Crippen LogP) is 0.191. The van der Waals surface area contributed by atoms with Gasteiger partial charge < -0.3 is 10.6 Å². The maximum atomic E-state index is 11.4. The summed E-state index contributed by atoms with van der Waals surface area (Å²) in [7, 11) is 0. The highest BCUT2D eigenvalue weighted by Gasteiger charge is 2.20. The second kappa shape index (κ2) is 9.79. The van der Waals surface area contributed by atoms with E-state index in [1.807, 2.05) is 0 Å². The minimum absolute atomic E-state index is 0.163. The highest BCUT2D eigenvalue weighted by atomic mass is 16.2. The monoisotopic (exact) mass is 310 g/mol. The molecule has 0 spiro atoms. The fraction of sp³-hybridized carbons (Fsp3) is 0.875. The summed E-state index contributed by atoms with van der Waals surface area (Å²) in [5.74, 6) is 0.325. The van der Waals surface area contributed by atoms with Crippen molar-refractivity contribution in [1.82, 2.24) is 20.4 Å². The minimum Gasteiger partial charge on any atom is -0.355 e. The predicted molar refractivity (Wildman–Crippen MR) is 86.6 cm³/mol. The van der Waals surface area contributed by atoms with E-state index in [-0.39, 0.29) is 11.8 Å². The molecule has 6 nitrogen and oxygen atoms in total. The van der Waals surface area contributed by atoms with Gasteiger partial charge in [0.05, 0.1) is 13.1 Å². The van der Waals surface area contributed by atoms with Crippen LogP contribution in [0.2, 0.25) is 0 Å². The Bertz CT molecular complexity index is 320. The van der Waals surface area contributed by atoms with Gasteiger partial charge in [-0.3, -0.25) is 19.4 Å². The molecule has 0 saturated carbocycles. The lowest BCUT2D eigenvalue weighted by atomic mass is 10.1. The van der Waals surface area contributed by atoms with Gasteiger partial charge >= 0.3 is 0 Å². The molecule has 0 aromatic carbocycles. The van der Waals surface area contributed by atoms with Crippen LogP contribution < -0.4 is 10.6 Å². The fourth-order valence-electron chi connectivity index (χ4n) is 2.39. The van der Waals surface area contributed by atoms with Crippen LogP contribution in [0.3, 0.4) is 0 Å². The van der Waals surface area contributed by atoms with E-state index >= 15 is 0 Å². The van der Waals surface area contributed by atoms with E-state index in [9.17, 15) is 9.59 Å². The van der Waals surface area contributed by atoms with Crippen molar-refractivity contribution in [1.29, 1.82) is 0 Å². The van der Waals surface area contributed by atoms with Crippen LogP contribution in [-0.4, -0.2) is 74.0 Å². The molecule has 2 rings (SSSR count). The first-order chi connectivity index (χ1) is 10.7. The first-order valence-corrected chi connectivity index (χ1v) is 8.72. The maximum absolute atomic E-state index is 11.4. The van der Waals surface area contributed by atoms with Crippen LogP contribution in [0, 0.1) is 0 Å². The molecule has 0 aromatic heterocycles. The molecule has 2 heterocycles. The zero-order chi connectivity index (χ0) is 15.6. The van der Waals surface area contributed by atoms with Gasteiger partial charge in [0.2, 0.25) is 11.8 Å². The summed E-state index contributed by atoms with van der Waals surface area (Å²) in [5.41, 5.74) is 0. The molecule has 0 unspecified atom stereocenters. The second-order valence-corrected chi connectivity index (χ2v) is 6.37. The topological polar surface area (TPSA) is 64.2 Å². The standard InChI is InChI=1S/C16H30N4O2/c21-15(13-19-9-10-19)17-7-5-3-1-2-4-6-8-18-16(22)14-20-11-12-20/h1-14H2,(H,17,21)(H,18,22). The number of carbonyl (C=O) groups excluding carboxylic acids is 2. The molecular weight excluding hydrogens is 280 g/mol. The molecule has 22 heavy (non-hydrogen) atoms. The molecule has 2 aliphatic rings. The third-order valence-corrected chi connectivity index (χ3v) is 4.06. The lowest BCUT2D eigenvalue weighted by Gasteiger charge is -2.06. The summed E-state index contributed by atoms with van der Waals surface area (Å²) < 4.78 is 0. The van der Waals surface area contributed by atoms with Crippen molar-refractivity contribution in [3.05, 3.63) is 0 Å². The van der Waals surface area contributed by atoms with E-state index in [1.54, 1.807) is 0 Å². The summed E-state index contributed by atoms with van der Waals surface area (Å²) in [6.45, 7) is 7.06. The lowest BCUT2D eigenvalue weighted by Crippen LogP contribution is -2.30. The van der Waals surface area contributed by atoms with Crippen molar-refractivity contribution < 1.29 is 9.59 Å². The van der Waals surface area contributed by atoms with Gasteiger partial charge in [-0.05, 0) is 12.8 Å². The number of unbranched alkanes of at least 4 members (excludes halogenated alkanes) is 5. The Morgan fingerprint density at radius 3 is 1.36 bits per heavy atom. The molecule has 6 heteroatoms. The number of hydrogen-bond donors (Lipinski definition) is 2. The molecule has 0 bridgehead atoms. The Balaban J connectivity index is 1.26. The van der Waals surface area contributed by atoms with E-state index in [0.29, 0.717) is 13.1 Å². The van der Waals surface area contributed by atoms with Gasteiger partial charge in [0.1, 0.15) is 0 Å². The van der Waals surface area contributed by atoms with Gasteiger partial charge in [-0.1, -0.05) is 25.7 Å². The highest BCUT2D eigenvalue weighted by Crippen LogP contribution is 2.05. The summed E-state index contributed by atoms with van der Waals surface area (Å²) in [6.07, 6.45) is 6.90. The summed E-state index contributed by atoms with van der Waals surface area (Å²) >= 11 is 0. The maximum Gasteiger partial charge on any atom is 0.234 e. The molecule has 126 valence electrons. The van der Waals surface area contributed by atoms with E-state index < -0.39 is 0 Å². The molecule has 2 fully saturated rings. The molecule has 2 amide bonds. The Labute approximate surface area is 133 Å². The van der Waals surface area contributed by atoms with Gasteiger partial charge in [0, 0.05) is 39.3 Å². The van der Waals surface area contributed by atoms with Crippen LogP contribution in [0.25, 0.3) is 0 Å². The molecule has 0 atom stereocenters. The molecule has 0 radical (unpaired) electrons. The molecule has 2 saturated heterocycles. The Kier molecular flexibility index (Phi) is 7.66. The van der Waals surface area contributed by atoms with Gasteiger partial charge in [-0.15, -0.1) is 0 Å². The Morgan fingerprint density at radius 1 is 0.636 bits per heavy atom. The SMILES string of the molecule is O=C(CN1CC1)NCCCCCCCCNC(=O)CN1CC1. The van der Waals surface area contributed by atoms with Crippen molar-refractivity contribution in [2.45, 2.75) is 38.5 Å². The minimum atomic E-state index is 0.163. The van der Waals surface area contributed by atoms with Gasteiger partial charge in [0.15, 0.2) is 0 Å². The van der Waals surface area contributed by atoms with E-state index in [4.69, 9.17) is 0 Å². The molecule has 0 aromatic rings. The summed E-state index contributed by atoms with van der Waals surface area (Å²) in [6, 6.07) is 0. The van der Waals surface area contributed by atoms with Crippen molar-refractivity contribution >= 4 is 11.8 Å². The smallest absolute Gasteiger partial charge is 0.234 e. The average Bonchev–Trinajstić information content (AvgIpc) is 3.37. The van der Waals surface area contributed by atoms with Crippen LogP contribution in [0.15, 0.2) is 0 Å². The van der Waals surface area contributed by atoms with Crippen LogP contribution in [0.1, 0.15) is 38.5 Å². The van der Waals surface area contributed by atoms with E-state index in [1.165, 1.54) is 25.7 Å². The summed E-state index contributed by atoms with van der Waals surface area (Å²) in [5, 5.41) is 5.93. The molecule has 0 aliphatic carbocycles. The largest absolute Gasteiger partial charge is 0.355 e. The highest BCUT2D eigenvalue weighted by molar-refractivity contribution is 5.78. The van der Waals surface area contributed by atoms with Crippen molar-refractivity contribution in [3.63, 3.8) is 0 Å². The van der Waals surface area contributed by atoms with Crippen LogP contribution in [0.5, 0.6) is 0 Å². The lowest BCUT2D eigenvalue weighted by molar-refractivity contribution is -0.121. The van der Waals surface area contributed by atoms with E-state index in [2.05, 4.69) is 20.4 Å². The molecule has 2 N–H and O–H groups in total. The van der Waals surface area contributed by atoms with Crippen LogP contribution in [-0.2, 0) is 9.59 Å². The Morgan fingerprint density at radius 2 is 1.00 bits per heavy atom. The quantitative estimate of drug-likeness (QED) is 0.376. The second-order valence-electron chi connectivity index (χ2n) is 6.37. The van der Waals surface area contributed by atoms with Crippen LogP contribution >= 0.6 is 0 Å². The van der Waals surface area contributed by atoms with Crippen molar-refractivity contribution in [2.24, 2.45) is 0 Å². The molecular formula is C16H30N4O2. The van der Waals surface area contributed by atoms with Crippen molar-refractivity contribution in [2.75, 3.05) is 52.4 Å². The number of nitrogens with zero attached hydrogens (tertiary/aromatic N) is 2. The normalized spacial score (nSPS) is 17.3. The number of amides is 2. The zero-order valence-electron chi connectivity index (χ0n) is 13.6. The van der Waals surface area contributed by atoms with Crippen molar-refractivity contribution in [3.8, 4) is 0 Å². The van der Waals surface area contributed by atoms with E-state index in [0.717, 1.165) is 52.1 Å². The third kappa shape index (κ3) is 9.00. The van der Waals surface area contributed by atoms with Gasteiger partial charge in [-0.25, -0.2) is 0 Å². The third-order valence-electron chi connectivity index (χ3n) is 4.06. The first-order valence-electron chi connectivity index (χ1n) is 8.72. The number of rotatable bonds is 13. The first kappa shape index (κ1) is 17.2. The summed E-state index contributed by atoms with van der Waals surface area (Å²) in [4.78, 5) is 27.1. The number of carbonyl (C=O) groups is 2. The number of hydrogen-bond acceptors (Lipinski definition) is 4. The van der Waals surface area contributed by atoms with Gasteiger partial charge in [-0.2, -0.15) is 0 Å². The van der Waals surface area contributed by atoms with Crippen LogP contribution in [0.4, 0.5) is 0 Å². The van der Waals surface area contributed by atoms with Gasteiger partial charge in [0.25, 0.3) is 0 Å².